The monoisotopic (exact) mass is 274 g/mol. The van der Waals surface area contributed by atoms with Crippen LogP contribution in [0.15, 0.2) is 23.7 Å². The number of aromatic amines is 1. The molecule has 0 aliphatic carbocycles. The fourth-order valence-electron chi connectivity index (χ4n) is 1.61. The highest BCUT2D eigenvalue weighted by atomic mass is 32.1. The second-order valence-corrected chi connectivity index (χ2v) is 4.78. The highest BCUT2D eigenvalue weighted by molar-refractivity contribution is 7.12. The first kappa shape index (κ1) is 13.5. The van der Waals surface area contributed by atoms with Crippen LogP contribution in [-0.4, -0.2) is 20.9 Å². The van der Waals surface area contributed by atoms with Crippen LogP contribution in [0, 0.1) is 0 Å². The number of rotatable bonds is 4. The molecule has 0 amide bonds. The van der Waals surface area contributed by atoms with E-state index in [1.807, 2.05) is 25.2 Å². The lowest BCUT2D eigenvalue weighted by molar-refractivity contribution is 0.103. The van der Waals surface area contributed by atoms with Crippen molar-refractivity contribution in [3.63, 3.8) is 0 Å². The van der Waals surface area contributed by atoms with Crippen LogP contribution >= 0.6 is 11.3 Å². The van der Waals surface area contributed by atoms with Gasteiger partial charge < -0.3 is 10.1 Å². The summed E-state index contributed by atoms with van der Waals surface area (Å²) in [6.45, 7) is 5.68. The van der Waals surface area contributed by atoms with Gasteiger partial charge in [0.05, 0.1) is 12.3 Å². The Balaban J connectivity index is 2.40. The minimum Gasteiger partial charge on any atom is -0.390 e. The van der Waals surface area contributed by atoms with E-state index in [0.29, 0.717) is 21.5 Å². The maximum atomic E-state index is 12.3. The van der Waals surface area contributed by atoms with Crippen molar-refractivity contribution in [3.05, 3.63) is 50.6 Å². The van der Waals surface area contributed by atoms with Gasteiger partial charge in [-0.2, -0.15) is 0 Å². The Morgan fingerprint density at radius 3 is 3.05 bits per heavy atom. The maximum absolute atomic E-state index is 12.3. The lowest BCUT2D eigenvalue weighted by Gasteiger charge is -1.91. The molecule has 19 heavy (non-hydrogen) atoms. The average Bonchev–Trinajstić information content (AvgIpc) is 3.03. The third-order valence-corrected chi connectivity index (χ3v) is 3.52. The molecule has 98 valence electrons. The van der Waals surface area contributed by atoms with Gasteiger partial charge >= 0.3 is 0 Å². The molecule has 0 saturated heterocycles. The van der Waals surface area contributed by atoms with E-state index in [1.54, 1.807) is 11.6 Å². The minimum absolute atomic E-state index is 0.158. The number of aromatic nitrogens is 2. The predicted octanol–water partition coefficient (Wildman–Crippen LogP) is 0.961. The molecule has 0 bridgehead atoms. The molecule has 2 aromatic heterocycles. The number of carbonyl (C=O) groups excluding carboxylic acids is 1. The summed E-state index contributed by atoms with van der Waals surface area (Å²) < 4.78 is 0. The summed E-state index contributed by atoms with van der Waals surface area (Å²) in [4.78, 5) is 19.3. The fraction of sp³-hybridized carbons (Fsp3) is 0.143. The molecule has 5 heteroatoms. The first-order chi connectivity index (χ1) is 9.17. The second kappa shape index (κ2) is 5.77. The van der Waals surface area contributed by atoms with E-state index in [0.717, 1.165) is 5.35 Å². The van der Waals surface area contributed by atoms with Crippen LogP contribution in [0.1, 0.15) is 28.0 Å². The third-order valence-electron chi connectivity index (χ3n) is 2.63. The zero-order chi connectivity index (χ0) is 13.8. The number of aliphatic hydroxyl groups is 1. The summed E-state index contributed by atoms with van der Waals surface area (Å²) in [7, 11) is 0. The SMILES string of the molecule is C=c1c(C(=O)c2nc(CO)cs2)c[nH]/c1=C/C=C\C. The Morgan fingerprint density at radius 2 is 2.42 bits per heavy atom. The van der Waals surface area contributed by atoms with Crippen LogP contribution in [0.25, 0.3) is 12.7 Å². The van der Waals surface area contributed by atoms with E-state index in [2.05, 4.69) is 16.5 Å². The molecule has 0 aliphatic heterocycles. The van der Waals surface area contributed by atoms with Crippen LogP contribution in [0.5, 0.6) is 0 Å². The number of nitrogens with one attached hydrogen (secondary N) is 1. The van der Waals surface area contributed by atoms with E-state index in [4.69, 9.17) is 5.11 Å². The molecule has 0 aliphatic rings. The Morgan fingerprint density at radius 1 is 1.63 bits per heavy atom. The van der Waals surface area contributed by atoms with Crippen molar-refractivity contribution in [1.29, 1.82) is 0 Å². The van der Waals surface area contributed by atoms with E-state index in [-0.39, 0.29) is 12.4 Å². The quantitative estimate of drug-likeness (QED) is 0.816. The van der Waals surface area contributed by atoms with Gasteiger partial charge in [-0.15, -0.1) is 11.3 Å². The van der Waals surface area contributed by atoms with Crippen LogP contribution in [0.4, 0.5) is 0 Å². The van der Waals surface area contributed by atoms with Gasteiger partial charge in [0, 0.05) is 27.7 Å². The molecule has 0 unspecified atom stereocenters. The van der Waals surface area contributed by atoms with E-state index in [1.165, 1.54) is 11.3 Å². The van der Waals surface area contributed by atoms with Crippen LogP contribution < -0.4 is 10.6 Å². The van der Waals surface area contributed by atoms with Crippen LogP contribution in [0.3, 0.4) is 0 Å². The summed E-state index contributed by atoms with van der Waals surface area (Å²) in [5.74, 6) is -0.175. The molecule has 4 nitrogen and oxygen atoms in total. The van der Waals surface area contributed by atoms with Crippen molar-refractivity contribution >= 4 is 29.8 Å². The molecule has 2 N–H and O–H groups in total. The van der Waals surface area contributed by atoms with Crippen molar-refractivity contribution in [1.82, 2.24) is 9.97 Å². The first-order valence-corrected chi connectivity index (χ1v) is 6.64. The molecule has 0 atom stereocenters. The maximum Gasteiger partial charge on any atom is 0.223 e. The highest BCUT2D eigenvalue weighted by Gasteiger charge is 2.15. The second-order valence-electron chi connectivity index (χ2n) is 3.92. The summed E-state index contributed by atoms with van der Waals surface area (Å²) >= 11 is 1.23. The van der Waals surface area contributed by atoms with Gasteiger partial charge in [-0.25, -0.2) is 4.98 Å². The number of thiazole rings is 1. The molecule has 0 radical (unpaired) electrons. The van der Waals surface area contributed by atoms with Gasteiger partial charge in [-0.1, -0.05) is 18.7 Å². The third kappa shape index (κ3) is 2.72. The smallest absolute Gasteiger partial charge is 0.223 e. The Hall–Kier alpha value is -1.98. The molecular weight excluding hydrogens is 260 g/mol. The lowest BCUT2D eigenvalue weighted by atomic mass is 10.2. The van der Waals surface area contributed by atoms with Gasteiger partial charge in [-0.3, -0.25) is 4.79 Å². The van der Waals surface area contributed by atoms with E-state index in [9.17, 15) is 4.79 Å². The first-order valence-electron chi connectivity index (χ1n) is 5.76. The average molecular weight is 274 g/mol. The number of allylic oxidation sites excluding steroid dienone is 2. The Kier molecular flexibility index (Phi) is 4.09. The summed E-state index contributed by atoms with van der Waals surface area (Å²) in [6, 6.07) is 0. The predicted molar refractivity (Wildman–Crippen MR) is 76.3 cm³/mol. The topological polar surface area (TPSA) is 66.0 Å². The number of H-pyrrole nitrogens is 1. The van der Waals surface area contributed by atoms with Crippen molar-refractivity contribution in [2.24, 2.45) is 0 Å². The van der Waals surface area contributed by atoms with Gasteiger partial charge in [0.25, 0.3) is 0 Å². The molecule has 0 saturated carbocycles. The van der Waals surface area contributed by atoms with Crippen LogP contribution in [0.2, 0.25) is 0 Å². The number of ketones is 1. The summed E-state index contributed by atoms with van der Waals surface area (Å²) in [6.07, 6.45) is 7.28. The number of carbonyl (C=O) groups is 1. The zero-order valence-corrected chi connectivity index (χ0v) is 11.3. The van der Waals surface area contributed by atoms with Crippen molar-refractivity contribution in [3.8, 4) is 0 Å². The largest absolute Gasteiger partial charge is 0.390 e. The van der Waals surface area contributed by atoms with Crippen molar-refractivity contribution in [2.75, 3.05) is 0 Å². The van der Waals surface area contributed by atoms with E-state index >= 15 is 0 Å². The molecule has 0 spiro atoms. The van der Waals surface area contributed by atoms with Gasteiger partial charge in [0.2, 0.25) is 5.78 Å². The summed E-state index contributed by atoms with van der Waals surface area (Å²) in [5, 5.41) is 12.5. The Bertz CT molecular complexity index is 725. The van der Waals surface area contributed by atoms with Gasteiger partial charge in [0.1, 0.15) is 0 Å². The number of hydrogen-bond acceptors (Lipinski definition) is 4. The Labute approximate surface area is 114 Å². The molecule has 2 aromatic rings. The number of aliphatic hydroxyl groups excluding tert-OH is 1. The minimum atomic E-state index is -0.175. The normalized spacial score (nSPS) is 12.4. The molecule has 0 aromatic carbocycles. The molecule has 2 rings (SSSR count). The van der Waals surface area contributed by atoms with Gasteiger partial charge in [0.15, 0.2) is 5.01 Å². The van der Waals surface area contributed by atoms with E-state index < -0.39 is 0 Å². The molecule has 2 heterocycles. The van der Waals surface area contributed by atoms with Gasteiger partial charge in [-0.05, 0) is 13.0 Å². The van der Waals surface area contributed by atoms with Crippen molar-refractivity contribution < 1.29 is 9.90 Å². The van der Waals surface area contributed by atoms with Crippen molar-refractivity contribution in [2.45, 2.75) is 13.5 Å². The lowest BCUT2D eigenvalue weighted by Crippen LogP contribution is -2.25. The number of hydrogen-bond donors (Lipinski definition) is 2. The number of nitrogens with zero attached hydrogens (tertiary/aromatic N) is 1. The zero-order valence-electron chi connectivity index (χ0n) is 10.5. The highest BCUT2D eigenvalue weighted by Crippen LogP contribution is 2.12. The van der Waals surface area contributed by atoms with Crippen LogP contribution in [-0.2, 0) is 6.61 Å². The molecule has 0 fully saturated rings. The molecular formula is C14H14N2O2S. The fourth-order valence-corrected chi connectivity index (χ4v) is 2.37. The summed E-state index contributed by atoms with van der Waals surface area (Å²) in [5.41, 5.74) is 1.02. The standard InChI is InChI=1S/C14H14N2O2S/c1-3-4-5-12-9(2)11(6-15-12)13(18)14-16-10(7-17)8-19-14/h3-6,8,15,17H,2,7H2,1H3/b4-3-,12-5+.